The molecule has 83 heavy (non-hydrogen) atoms. The van der Waals surface area contributed by atoms with Gasteiger partial charge in [0.25, 0.3) is 11.4 Å². The number of hydrogen-bond acceptors (Lipinski definition) is 2. The van der Waals surface area contributed by atoms with E-state index >= 15 is 0 Å². The standard InChI is InChI=1S/C77H88N4O.Pt/c1-15-17-18-20-31-54-37-40-70-73(63(54)28-16-2)65-39-38-62(51-71(65)81(70)72-49-56(41-42-78-72)74(3,4)5)82-61-33-27-32-60(50-61)80-52-79(68-35-23-24-36-69(68)80)43-26-25-34-64-66(53-29-21-19-22-30-53)47-59(77(12,13)14)48-67(64)55-44-57(75(6,7)8)46-58(45-55)76(9,10)11;/h19,21-24,27,29-30,32-33,35-42,44-49H,15-18,20,25-26,28,31,34,43H2,1-14H3;/q;+2/i19D,21D,22D,29D,30D,44D,45D,46D;. The molecule has 0 amide bonds. The second kappa shape index (κ2) is 24.9. The van der Waals surface area contributed by atoms with E-state index in [1.54, 1.807) is 0 Å². The number of aromatic nitrogens is 2. The number of ether oxygens (including phenoxy) is 1. The number of para-hydroxylation sites is 2. The average molecular weight is 1290 g/mol. The quantitative estimate of drug-likeness (QED) is 0.0487. The molecule has 0 N–H and O–H groups in total. The third kappa shape index (κ3) is 13.3. The largest absolute Gasteiger partial charge is 2.00 e. The van der Waals surface area contributed by atoms with Crippen LogP contribution in [0.25, 0.3) is 49.9 Å². The Hall–Kier alpha value is -6.64. The fraction of sp³-hybridized carbons (Fsp3) is 0.377. The van der Waals surface area contributed by atoms with Gasteiger partial charge in [-0.2, -0.15) is 12.1 Å². The van der Waals surface area contributed by atoms with Crippen molar-refractivity contribution in [2.75, 3.05) is 6.54 Å². The van der Waals surface area contributed by atoms with Gasteiger partial charge in [0, 0.05) is 41.8 Å². The number of hydrogen-bond donors (Lipinski definition) is 0. The summed E-state index contributed by atoms with van der Waals surface area (Å²) < 4.78 is 87.5. The zero-order chi connectivity index (χ0) is 65.1. The van der Waals surface area contributed by atoms with Crippen molar-refractivity contribution in [1.82, 2.24) is 14.1 Å². The Morgan fingerprint density at radius 3 is 1.92 bits per heavy atom. The molecule has 1 aliphatic rings. The normalized spacial score (nSPS) is 14.2. The third-order valence-electron chi connectivity index (χ3n) is 16.0. The van der Waals surface area contributed by atoms with Crippen LogP contribution in [0.3, 0.4) is 0 Å². The predicted octanol–water partition coefficient (Wildman–Crippen LogP) is 20.9. The minimum absolute atomic E-state index is 0. The van der Waals surface area contributed by atoms with Crippen LogP contribution in [-0.4, -0.2) is 26.7 Å². The van der Waals surface area contributed by atoms with Crippen molar-refractivity contribution in [3.05, 3.63) is 197 Å². The molecule has 3 heterocycles. The Morgan fingerprint density at radius 2 is 1.24 bits per heavy atom. The summed E-state index contributed by atoms with van der Waals surface area (Å²) in [5.74, 6) is 1.92. The van der Waals surface area contributed by atoms with Crippen molar-refractivity contribution in [1.29, 1.82) is 0 Å². The molecular formula is C77H88N4OPt+2. The maximum absolute atomic E-state index is 9.98. The Bertz CT molecular complexity index is 4290. The Balaban J connectivity index is 0.00000980. The summed E-state index contributed by atoms with van der Waals surface area (Å²) in [5, 5.41) is 2.38. The summed E-state index contributed by atoms with van der Waals surface area (Å²) in [6.45, 7) is 30.0. The first kappa shape index (κ1) is 50.8. The van der Waals surface area contributed by atoms with E-state index in [0.717, 1.165) is 64.1 Å². The van der Waals surface area contributed by atoms with Crippen LogP contribution < -0.4 is 9.31 Å². The van der Waals surface area contributed by atoms with Gasteiger partial charge >= 0.3 is 27.1 Å². The van der Waals surface area contributed by atoms with Gasteiger partial charge < -0.3 is 9.30 Å². The van der Waals surface area contributed by atoms with Crippen LogP contribution in [0, 0.1) is 12.1 Å². The fourth-order valence-electron chi connectivity index (χ4n) is 11.3. The third-order valence-corrected chi connectivity index (χ3v) is 16.0. The van der Waals surface area contributed by atoms with E-state index in [1.807, 2.05) is 101 Å². The van der Waals surface area contributed by atoms with Crippen LogP contribution >= 0.6 is 0 Å². The van der Waals surface area contributed by atoms with Crippen molar-refractivity contribution in [2.45, 2.75) is 183 Å². The molecule has 0 aliphatic carbocycles. The van der Waals surface area contributed by atoms with Gasteiger partial charge in [-0.05, 0) is 139 Å². The minimum atomic E-state index is -0.626. The molecule has 0 bridgehead atoms. The smallest absolute Gasteiger partial charge is 0.509 e. The van der Waals surface area contributed by atoms with E-state index in [9.17, 15) is 6.85 Å². The molecular weight excluding hydrogens is 1190 g/mol. The fourth-order valence-corrected chi connectivity index (χ4v) is 11.3. The molecule has 7 aromatic carbocycles. The molecule has 430 valence electrons. The number of unbranched alkanes of at least 4 members (excludes halogenated alkanes) is 4. The Kier molecular flexibility index (Phi) is 15.3. The van der Waals surface area contributed by atoms with Crippen LogP contribution in [0.1, 0.15) is 192 Å². The monoisotopic (exact) mass is 1290 g/mol. The maximum atomic E-state index is 9.98. The van der Waals surface area contributed by atoms with Crippen LogP contribution in [-0.2, 0) is 62.0 Å². The van der Waals surface area contributed by atoms with Gasteiger partial charge in [0.15, 0.2) is 6.54 Å². The van der Waals surface area contributed by atoms with Gasteiger partial charge in [-0.3, -0.25) is 0 Å². The van der Waals surface area contributed by atoms with Gasteiger partial charge in [-0.1, -0.05) is 228 Å². The van der Waals surface area contributed by atoms with Gasteiger partial charge in [-0.25, -0.2) is 4.98 Å². The van der Waals surface area contributed by atoms with Gasteiger partial charge in [0.2, 0.25) is 0 Å². The van der Waals surface area contributed by atoms with Crippen molar-refractivity contribution in [2.24, 2.45) is 0 Å². The second-order valence-electron chi connectivity index (χ2n) is 26.6. The molecule has 0 saturated carbocycles. The topological polar surface area (TPSA) is 33.1 Å². The van der Waals surface area contributed by atoms with E-state index in [0.29, 0.717) is 70.7 Å². The van der Waals surface area contributed by atoms with Crippen molar-refractivity contribution in [3.8, 4) is 39.6 Å². The first-order valence-electron chi connectivity index (χ1n) is 34.0. The summed E-state index contributed by atoms with van der Waals surface area (Å²) in [7, 11) is 0. The molecule has 0 unspecified atom stereocenters. The van der Waals surface area contributed by atoms with Crippen molar-refractivity contribution >= 4 is 44.9 Å². The molecule has 0 spiro atoms. The summed E-state index contributed by atoms with van der Waals surface area (Å²) in [5.41, 5.74) is 11.0. The van der Waals surface area contributed by atoms with Crippen LogP contribution in [0.2, 0.25) is 0 Å². The number of pyridine rings is 1. The molecule has 6 heteroatoms. The maximum Gasteiger partial charge on any atom is 2.00 e. The first-order valence-corrected chi connectivity index (χ1v) is 30.0. The molecule has 0 radical (unpaired) electrons. The van der Waals surface area contributed by atoms with E-state index in [1.165, 1.54) is 47.8 Å². The zero-order valence-corrected chi connectivity index (χ0v) is 53.8. The summed E-state index contributed by atoms with van der Waals surface area (Å²) >= 11 is 0. The van der Waals surface area contributed by atoms with Gasteiger partial charge in [0.05, 0.1) is 11.0 Å². The molecule has 2 aromatic heterocycles. The Labute approximate surface area is 523 Å². The molecule has 5 nitrogen and oxygen atoms in total. The molecule has 9 aromatic rings. The molecule has 0 saturated heterocycles. The van der Waals surface area contributed by atoms with E-state index in [-0.39, 0.29) is 62.3 Å². The number of nitrogens with zero attached hydrogens (tertiary/aromatic N) is 4. The predicted molar refractivity (Wildman–Crippen MR) is 347 cm³/mol. The number of benzene rings is 7. The number of rotatable bonds is 18. The second-order valence-corrected chi connectivity index (χ2v) is 26.6. The molecule has 10 rings (SSSR count). The minimum Gasteiger partial charge on any atom is -0.509 e. The number of fused-ring (bicyclic) bond motifs is 4. The SMILES string of the molecule is [2H]c1c([2H])c([2H])c(-c2cc(C(C)(C)C)cc(-c3c([2H])c(C(C)(C)C)c([2H])c(C(C)(C)C)c3[2H])c2CCCC[N+]2=C=[N+](c3[c-]c(Oc4[c-]c5c(cc4)c4c(CCC)c(CCCCCC)ccc4n5-c4cc(C(C)(C)C)ccn4)ccc3)c3ccccc32)c([2H])c1[2H].[Pt+2]. The van der Waals surface area contributed by atoms with E-state index in [4.69, 9.17) is 13.8 Å². The zero-order valence-electron chi connectivity index (χ0n) is 59.5. The summed E-state index contributed by atoms with van der Waals surface area (Å²) in [6, 6.07) is 40.6. The Morgan fingerprint density at radius 1 is 0.578 bits per heavy atom. The first-order chi connectivity index (χ1) is 42.5. The van der Waals surface area contributed by atoms with Crippen LogP contribution in [0.15, 0.2) is 146 Å². The number of aryl methyl sites for hydroxylation is 2. The summed E-state index contributed by atoms with van der Waals surface area (Å²) in [6.07, 6.45) is 11.5. The van der Waals surface area contributed by atoms with Gasteiger partial charge in [0.1, 0.15) is 11.5 Å². The average Bonchev–Trinajstić information content (AvgIpc) is 1.32. The van der Waals surface area contributed by atoms with Crippen molar-refractivity contribution in [3.63, 3.8) is 0 Å². The van der Waals surface area contributed by atoms with E-state index < -0.39 is 34.4 Å². The summed E-state index contributed by atoms with van der Waals surface area (Å²) in [4.78, 5) is 5.01. The molecule has 0 atom stereocenters. The van der Waals surface area contributed by atoms with Crippen LogP contribution in [0.4, 0.5) is 17.1 Å². The molecule has 0 fully saturated rings. The van der Waals surface area contributed by atoms with E-state index in [2.05, 4.69) is 125 Å². The van der Waals surface area contributed by atoms with Crippen LogP contribution in [0.5, 0.6) is 11.5 Å². The molecule has 1 aliphatic heterocycles. The van der Waals surface area contributed by atoms with Crippen molar-refractivity contribution < 1.29 is 41.3 Å². The van der Waals surface area contributed by atoms with Gasteiger partial charge in [-0.15, -0.1) is 23.6 Å².